The molecule has 86 heavy (non-hydrogen) atoms. The van der Waals surface area contributed by atoms with Gasteiger partial charge in [0, 0.05) is 106 Å². The summed E-state index contributed by atoms with van der Waals surface area (Å²) in [5.41, 5.74) is 10.4. The summed E-state index contributed by atoms with van der Waals surface area (Å²) >= 11 is 6.24. The number of halogens is 1. The van der Waals surface area contributed by atoms with Crippen LogP contribution in [-0.2, 0) is 21.8 Å². The number of aryl methyl sites for hydroxylation is 3. The predicted octanol–water partition coefficient (Wildman–Crippen LogP) is 13.4. The third kappa shape index (κ3) is 15.0. The molecule has 22 heteroatoms. The van der Waals surface area contributed by atoms with Crippen molar-refractivity contribution >= 4 is 84.2 Å². The minimum Gasteiger partial charge on any atom is -0.455 e. The normalized spacial score (nSPS) is 15.7. The number of ether oxygens (including phenoxy) is 2. The maximum absolute atomic E-state index is 13.9. The molecule has 2 amide bonds. The van der Waals surface area contributed by atoms with Gasteiger partial charge in [0.25, 0.3) is 27.5 Å². The maximum Gasteiger partial charge on any atom is 0.293 e. The van der Waals surface area contributed by atoms with Gasteiger partial charge in [-0.05, 0) is 158 Å². The number of nitro groups is 1. The number of anilines is 3. The number of pyridine rings is 1. The Bertz CT molecular complexity index is 3960. The highest BCUT2D eigenvalue weighted by Gasteiger charge is 2.31. The van der Waals surface area contributed by atoms with Crippen LogP contribution in [0.25, 0.3) is 16.6 Å². The second-order valence-corrected chi connectivity index (χ2v) is 24.8. The Hall–Kier alpha value is -8.76. The first-order valence-electron chi connectivity index (χ1n) is 28.6. The summed E-state index contributed by atoms with van der Waals surface area (Å²) in [4.78, 5) is 49.4. The fourth-order valence-corrected chi connectivity index (χ4v) is 11.9. The van der Waals surface area contributed by atoms with Gasteiger partial charge >= 0.3 is 0 Å². The van der Waals surface area contributed by atoms with Crippen molar-refractivity contribution in [3.05, 3.63) is 189 Å². The number of nitro benzene ring substituents is 1. The van der Waals surface area contributed by atoms with E-state index in [0.29, 0.717) is 36.8 Å². The predicted molar refractivity (Wildman–Crippen MR) is 335 cm³/mol. The fourth-order valence-electron chi connectivity index (χ4n) is 10.8. The highest BCUT2D eigenvalue weighted by Crippen LogP contribution is 2.44. The van der Waals surface area contributed by atoms with Crippen LogP contribution in [0.15, 0.2) is 161 Å². The number of piperazine rings is 1. The summed E-state index contributed by atoms with van der Waals surface area (Å²) in [6, 6.07) is 35.5. The van der Waals surface area contributed by atoms with Gasteiger partial charge in [-0.2, -0.15) is 15.3 Å². The van der Waals surface area contributed by atoms with E-state index >= 15 is 0 Å². The summed E-state index contributed by atoms with van der Waals surface area (Å²) in [7, 11) is -2.82. The van der Waals surface area contributed by atoms with Crippen molar-refractivity contribution in [1.82, 2.24) is 29.4 Å². The molecule has 0 unspecified atom stereocenters. The molecule has 2 saturated heterocycles. The third-order valence-electron chi connectivity index (χ3n) is 15.9. The highest BCUT2D eigenvalue weighted by atomic mass is 35.5. The molecule has 446 valence electrons. The average Bonchev–Trinajstić information content (AvgIpc) is 4.28. The molecule has 8 aromatic rings. The molecule has 3 aromatic heterocycles. The van der Waals surface area contributed by atoms with Crippen molar-refractivity contribution < 1.29 is 32.4 Å². The monoisotopic (exact) mass is 1200 g/mol. The van der Waals surface area contributed by atoms with E-state index in [1.807, 2.05) is 74.5 Å². The standard InChI is InChI=1S/C45H50ClN7O7S.C19H19N5O/c1-45(2)15-11-33(39(26-45)31-3-5-34(46)6-4-31)29-51-17-19-52(20-18-51)35-7-9-38(42(24-35)60-36-23-32-12-16-47-43(32)49-28-36)44(54)50-61(57,58)37-8-10-40(41(25-37)53(55)56)48-27-30-13-21-59-22-14-30;1-13-6-4-5-7-17(13)23-22-15-8-9-16(14(2)12-15)21-19(25)18-10-11-20-24(18)3/h3-10,12,16,23-25,28,30,48H,11,13-15,17-22,26-27,29H2,1-2H3,(H,47,49)(H,50,54);4-12H,1-3H3,(H,21,25). The number of nitrogens with one attached hydrogen (secondary N) is 4. The number of sulfonamides is 1. The van der Waals surface area contributed by atoms with Crippen LogP contribution in [0, 0.1) is 35.3 Å². The molecular formula is C64H69ClN12O8S. The van der Waals surface area contributed by atoms with Gasteiger partial charge < -0.3 is 30.0 Å². The number of aromatic nitrogens is 4. The second kappa shape index (κ2) is 26.7. The molecule has 5 heterocycles. The van der Waals surface area contributed by atoms with E-state index in [1.54, 1.807) is 49.8 Å². The largest absolute Gasteiger partial charge is 0.455 e. The molecule has 0 spiro atoms. The smallest absolute Gasteiger partial charge is 0.293 e. The number of benzene rings is 5. The second-order valence-electron chi connectivity index (χ2n) is 22.6. The molecule has 20 nitrogen and oxygen atoms in total. The van der Waals surface area contributed by atoms with Crippen LogP contribution in [0.5, 0.6) is 11.5 Å². The Kier molecular flexibility index (Phi) is 18.7. The van der Waals surface area contributed by atoms with Crippen LogP contribution in [0.3, 0.4) is 0 Å². The number of fused-ring (bicyclic) bond motifs is 1. The first kappa shape index (κ1) is 60.4. The topological polar surface area (TPSA) is 244 Å². The third-order valence-corrected chi connectivity index (χ3v) is 17.4. The maximum atomic E-state index is 13.9. The molecule has 0 bridgehead atoms. The Morgan fingerprint density at radius 3 is 2.38 bits per heavy atom. The quantitative estimate of drug-likeness (QED) is 0.0377. The number of allylic oxidation sites excluding steroid dienone is 1. The van der Waals surface area contributed by atoms with Gasteiger partial charge in [0.05, 0.1) is 33.0 Å². The molecule has 1 aliphatic carbocycles. The number of carbonyl (C=O) groups excluding carboxylic acids is 2. The first-order chi connectivity index (χ1) is 41.3. The van der Waals surface area contributed by atoms with E-state index in [9.17, 15) is 28.1 Å². The van der Waals surface area contributed by atoms with Crippen LogP contribution in [0.1, 0.15) is 83.5 Å². The lowest BCUT2D eigenvalue weighted by Gasteiger charge is -2.39. The van der Waals surface area contributed by atoms with Crippen LogP contribution >= 0.6 is 11.6 Å². The van der Waals surface area contributed by atoms with Gasteiger partial charge in [0.1, 0.15) is 28.5 Å². The van der Waals surface area contributed by atoms with Gasteiger partial charge in [-0.25, -0.2) is 18.1 Å². The van der Waals surface area contributed by atoms with Crippen LogP contribution in [0.2, 0.25) is 5.02 Å². The zero-order chi connectivity index (χ0) is 60.5. The van der Waals surface area contributed by atoms with E-state index in [1.165, 1.54) is 39.7 Å². The minimum atomic E-state index is -4.55. The first-order valence-corrected chi connectivity index (χ1v) is 30.4. The lowest BCUT2D eigenvalue weighted by atomic mass is 9.72. The van der Waals surface area contributed by atoms with Crippen LogP contribution < -0.4 is 25.0 Å². The molecule has 2 fully saturated rings. The summed E-state index contributed by atoms with van der Waals surface area (Å²) in [5.74, 6) is -0.392. The molecular weight excluding hydrogens is 1130 g/mol. The number of hydrogen-bond acceptors (Lipinski definition) is 15. The number of rotatable bonds is 17. The van der Waals surface area contributed by atoms with Crippen LogP contribution in [-0.4, -0.2) is 102 Å². The number of amides is 2. The number of hydrogen-bond donors (Lipinski definition) is 4. The Labute approximate surface area is 504 Å². The van der Waals surface area contributed by atoms with Crippen molar-refractivity contribution in [2.24, 2.45) is 28.6 Å². The zero-order valence-electron chi connectivity index (χ0n) is 48.7. The molecule has 0 radical (unpaired) electrons. The molecule has 11 rings (SSSR count). The number of aromatic amines is 1. The van der Waals surface area contributed by atoms with Crippen molar-refractivity contribution in [3.8, 4) is 11.5 Å². The number of H-pyrrole nitrogens is 1. The van der Waals surface area contributed by atoms with Gasteiger partial charge in [-0.3, -0.25) is 29.3 Å². The van der Waals surface area contributed by atoms with Gasteiger partial charge in [-0.1, -0.05) is 61.4 Å². The van der Waals surface area contributed by atoms with Crippen molar-refractivity contribution in [2.45, 2.75) is 64.7 Å². The van der Waals surface area contributed by atoms with E-state index in [0.717, 1.165) is 115 Å². The van der Waals surface area contributed by atoms with E-state index < -0.39 is 31.4 Å². The minimum absolute atomic E-state index is 0.0359. The lowest BCUT2D eigenvalue weighted by Crippen LogP contribution is -2.47. The highest BCUT2D eigenvalue weighted by molar-refractivity contribution is 7.90. The Balaban J connectivity index is 0.000000273. The summed E-state index contributed by atoms with van der Waals surface area (Å²) < 4.78 is 42.7. The van der Waals surface area contributed by atoms with Crippen molar-refractivity contribution in [1.29, 1.82) is 0 Å². The van der Waals surface area contributed by atoms with Gasteiger partial charge in [0.2, 0.25) is 0 Å². The van der Waals surface area contributed by atoms with Gasteiger partial charge in [0.15, 0.2) is 0 Å². The van der Waals surface area contributed by atoms with E-state index in [4.69, 9.17) is 21.1 Å². The molecule has 2 aliphatic heterocycles. The molecule has 4 N–H and O–H groups in total. The summed E-state index contributed by atoms with van der Waals surface area (Å²) in [6.07, 6.45) is 9.72. The number of azo groups is 1. The Morgan fingerprint density at radius 1 is 0.884 bits per heavy atom. The van der Waals surface area contributed by atoms with E-state index in [-0.39, 0.29) is 34.2 Å². The van der Waals surface area contributed by atoms with Crippen molar-refractivity contribution in [3.63, 3.8) is 0 Å². The fraction of sp³-hybridized carbons (Fsp3) is 0.312. The van der Waals surface area contributed by atoms with Gasteiger partial charge in [-0.15, -0.1) is 0 Å². The lowest BCUT2D eigenvalue weighted by molar-refractivity contribution is -0.384. The number of carbonyl (C=O) groups is 2. The average molecular weight is 1200 g/mol. The molecule has 3 aliphatic rings. The zero-order valence-corrected chi connectivity index (χ0v) is 50.3. The molecule has 0 atom stereocenters. The van der Waals surface area contributed by atoms with Crippen molar-refractivity contribution in [2.75, 3.05) is 68.0 Å². The van der Waals surface area contributed by atoms with Crippen LogP contribution in [0.4, 0.5) is 34.1 Å². The summed E-state index contributed by atoms with van der Waals surface area (Å²) in [5, 5.41) is 32.2. The van der Waals surface area contributed by atoms with E-state index in [2.05, 4.69) is 76.4 Å². The SMILES string of the molecule is CC1(C)CCC(CN2CCN(c3ccc(C(=O)NS(=O)(=O)c4ccc(NCC5CCOCC5)c([N+](=O)[O-])c4)c(Oc4cnc5[nH]ccc5c4)c3)CC2)=C(c2ccc(Cl)cc2)C1.Cc1ccccc1N=Nc1ccc(NC(=O)c2ccnn2C)c(C)c1. The molecule has 0 saturated carbocycles. The molecule has 5 aromatic carbocycles. The Morgan fingerprint density at radius 2 is 1.65 bits per heavy atom. The number of nitrogens with zero attached hydrogens (tertiary/aromatic N) is 8. The summed E-state index contributed by atoms with van der Waals surface area (Å²) in [6.45, 7) is 14.3.